The number of likely N-dealkylation sites (N-methyl/N-ethyl adjacent to an activating group) is 1. The van der Waals surface area contributed by atoms with Crippen molar-refractivity contribution in [3.8, 4) is 11.5 Å². The molecule has 156 valence electrons. The first kappa shape index (κ1) is 20.9. The Morgan fingerprint density at radius 3 is 2.43 bits per heavy atom. The number of quaternary nitrogens is 1. The molecule has 2 saturated heterocycles. The first-order chi connectivity index (χ1) is 13.4. The van der Waals surface area contributed by atoms with Crippen molar-refractivity contribution in [1.82, 2.24) is 9.21 Å². The van der Waals surface area contributed by atoms with E-state index in [2.05, 4.69) is 7.05 Å². The van der Waals surface area contributed by atoms with Crippen molar-refractivity contribution >= 4 is 15.9 Å². The van der Waals surface area contributed by atoms with E-state index in [9.17, 15) is 13.2 Å². The van der Waals surface area contributed by atoms with E-state index in [0.717, 1.165) is 32.6 Å². The highest BCUT2D eigenvalue weighted by atomic mass is 32.2. The van der Waals surface area contributed by atoms with Crippen LogP contribution in [-0.2, 0) is 14.8 Å². The zero-order valence-corrected chi connectivity index (χ0v) is 17.6. The number of ether oxygens (including phenoxy) is 2. The van der Waals surface area contributed by atoms with Gasteiger partial charge in [0.25, 0.3) is 0 Å². The molecule has 1 N–H and O–H groups in total. The van der Waals surface area contributed by atoms with E-state index < -0.39 is 10.0 Å². The van der Waals surface area contributed by atoms with Crippen molar-refractivity contribution in [1.29, 1.82) is 0 Å². The number of nitrogens with one attached hydrogen (secondary N) is 1. The maximum atomic E-state index is 13.1. The van der Waals surface area contributed by atoms with Gasteiger partial charge in [0.2, 0.25) is 15.9 Å². The fourth-order valence-electron chi connectivity index (χ4n) is 3.86. The van der Waals surface area contributed by atoms with Crippen LogP contribution in [0.25, 0.3) is 0 Å². The molecule has 1 aromatic carbocycles. The minimum absolute atomic E-state index is 0.0831. The molecule has 1 aromatic rings. The van der Waals surface area contributed by atoms with Gasteiger partial charge in [-0.25, -0.2) is 8.42 Å². The third-order valence-electron chi connectivity index (χ3n) is 5.65. The van der Waals surface area contributed by atoms with E-state index in [1.54, 1.807) is 6.07 Å². The lowest BCUT2D eigenvalue weighted by molar-refractivity contribution is -0.883. The molecule has 0 aromatic heterocycles. The summed E-state index contributed by atoms with van der Waals surface area (Å²) in [6, 6.07) is 4.58. The molecule has 0 aliphatic carbocycles. The Morgan fingerprint density at radius 1 is 1.11 bits per heavy atom. The van der Waals surface area contributed by atoms with Gasteiger partial charge in [0, 0.05) is 19.2 Å². The second-order valence-electron chi connectivity index (χ2n) is 7.50. The Bertz CT molecular complexity index is 806. The number of hydrogen-bond donors (Lipinski definition) is 1. The van der Waals surface area contributed by atoms with Gasteiger partial charge in [-0.2, -0.15) is 4.31 Å². The van der Waals surface area contributed by atoms with Crippen molar-refractivity contribution in [2.75, 3.05) is 60.5 Å². The standard InChI is InChI=1S/C19H29N3O5S/c1-20-9-11-21(12-10-20)19(23)15-5-4-8-22(14-15)28(24,25)16-6-7-17(26-2)18(13-16)27-3/h6-7,13,15H,4-5,8-12,14H2,1-3H3/p+1/t15-/m1/s1. The molecule has 9 heteroatoms. The number of sulfonamides is 1. The molecular formula is C19H30N3O5S+. The van der Waals surface area contributed by atoms with Crippen LogP contribution in [0.15, 0.2) is 23.1 Å². The quantitative estimate of drug-likeness (QED) is 0.703. The molecular weight excluding hydrogens is 382 g/mol. The molecule has 0 bridgehead atoms. The molecule has 3 rings (SSSR count). The monoisotopic (exact) mass is 412 g/mol. The summed E-state index contributed by atoms with van der Waals surface area (Å²) < 4.78 is 38.1. The van der Waals surface area contributed by atoms with Gasteiger partial charge in [-0.05, 0) is 25.0 Å². The number of rotatable bonds is 5. The topological polar surface area (TPSA) is 80.6 Å². The third-order valence-corrected chi connectivity index (χ3v) is 7.52. The van der Waals surface area contributed by atoms with E-state index in [4.69, 9.17) is 9.47 Å². The zero-order valence-electron chi connectivity index (χ0n) is 16.8. The number of benzene rings is 1. The average Bonchev–Trinajstić information content (AvgIpc) is 2.73. The highest BCUT2D eigenvalue weighted by Gasteiger charge is 2.36. The smallest absolute Gasteiger partial charge is 0.243 e. The molecule has 0 radical (unpaired) electrons. The Kier molecular flexibility index (Phi) is 6.47. The van der Waals surface area contributed by atoms with E-state index >= 15 is 0 Å². The Labute approximate surface area is 167 Å². The van der Waals surface area contributed by atoms with Crippen molar-refractivity contribution in [3.63, 3.8) is 0 Å². The molecule has 2 aliphatic heterocycles. The second kappa shape index (κ2) is 8.67. The number of nitrogens with zero attached hydrogens (tertiary/aromatic N) is 2. The lowest BCUT2D eigenvalue weighted by Crippen LogP contribution is -3.12. The van der Waals surface area contributed by atoms with Crippen LogP contribution in [0.1, 0.15) is 12.8 Å². The van der Waals surface area contributed by atoms with Gasteiger partial charge in [0.15, 0.2) is 11.5 Å². The average molecular weight is 413 g/mol. The van der Waals surface area contributed by atoms with E-state index in [0.29, 0.717) is 24.5 Å². The van der Waals surface area contributed by atoms with Crippen LogP contribution in [0.2, 0.25) is 0 Å². The summed E-state index contributed by atoms with van der Waals surface area (Å²) in [6.07, 6.45) is 1.41. The number of methoxy groups -OCH3 is 2. The van der Waals surface area contributed by atoms with Gasteiger partial charge < -0.3 is 19.3 Å². The predicted octanol–water partition coefficient (Wildman–Crippen LogP) is -0.539. The maximum absolute atomic E-state index is 13.1. The van der Waals surface area contributed by atoms with Crippen molar-refractivity contribution < 1.29 is 27.6 Å². The first-order valence-electron chi connectivity index (χ1n) is 9.69. The fourth-order valence-corrected chi connectivity index (χ4v) is 5.40. The highest BCUT2D eigenvalue weighted by molar-refractivity contribution is 7.89. The normalized spacial score (nSPS) is 22.1. The molecule has 0 saturated carbocycles. The summed E-state index contributed by atoms with van der Waals surface area (Å²) in [4.78, 5) is 16.4. The molecule has 2 aliphatic rings. The summed E-state index contributed by atoms with van der Waals surface area (Å²) in [5.41, 5.74) is 0. The van der Waals surface area contributed by atoms with Crippen LogP contribution in [-0.4, -0.2) is 84.1 Å². The molecule has 8 nitrogen and oxygen atoms in total. The van der Waals surface area contributed by atoms with Gasteiger partial charge >= 0.3 is 0 Å². The van der Waals surface area contributed by atoms with Gasteiger partial charge in [-0.1, -0.05) is 0 Å². The number of carbonyl (C=O) groups is 1. The van der Waals surface area contributed by atoms with Crippen LogP contribution >= 0.6 is 0 Å². The van der Waals surface area contributed by atoms with Crippen LogP contribution in [0, 0.1) is 5.92 Å². The second-order valence-corrected chi connectivity index (χ2v) is 9.44. The number of hydrogen-bond acceptors (Lipinski definition) is 5. The molecule has 2 heterocycles. The van der Waals surface area contributed by atoms with Crippen molar-refractivity contribution in [2.45, 2.75) is 17.7 Å². The predicted molar refractivity (Wildman–Crippen MR) is 104 cm³/mol. The number of carbonyl (C=O) groups excluding carboxylic acids is 1. The lowest BCUT2D eigenvalue weighted by Gasteiger charge is -2.36. The van der Waals surface area contributed by atoms with Gasteiger partial charge in [0.1, 0.15) is 0 Å². The Morgan fingerprint density at radius 2 is 1.79 bits per heavy atom. The van der Waals surface area contributed by atoms with Crippen LogP contribution in [0.4, 0.5) is 0 Å². The van der Waals surface area contributed by atoms with Gasteiger partial charge in [-0.15, -0.1) is 0 Å². The minimum atomic E-state index is -3.70. The van der Waals surface area contributed by atoms with E-state index in [1.165, 1.54) is 35.6 Å². The summed E-state index contributed by atoms with van der Waals surface area (Å²) in [6.45, 7) is 4.01. The molecule has 2 fully saturated rings. The molecule has 0 spiro atoms. The van der Waals surface area contributed by atoms with E-state index in [1.807, 2.05) is 4.90 Å². The molecule has 1 atom stereocenters. The summed E-state index contributed by atoms with van der Waals surface area (Å²) in [7, 11) is 1.40. The van der Waals surface area contributed by atoms with Crippen LogP contribution in [0.3, 0.4) is 0 Å². The molecule has 1 amide bonds. The first-order valence-corrected chi connectivity index (χ1v) is 11.1. The lowest BCUT2D eigenvalue weighted by atomic mass is 9.98. The SMILES string of the molecule is COc1ccc(S(=O)(=O)N2CCC[C@@H](C(=O)N3CC[NH+](C)CC3)C2)cc1OC. The zero-order chi connectivity index (χ0) is 20.3. The minimum Gasteiger partial charge on any atom is -0.493 e. The summed E-state index contributed by atoms with van der Waals surface area (Å²) >= 11 is 0. The summed E-state index contributed by atoms with van der Waals surface area (Å²) in [5.74, 6) is 0.653. The molecule has 28 heavy (non-hydrogen) atoms. The van der Waals surface area contributed by atoms with E-state index in [-0.39, 0.29) is 23.3 Å². The fraction of sp³-hybridized carbons (Fsp3) is 0.632. The maximum Gasteiger partial charge on any atom is 0.243 e. The number of piperidine rings is 1. The largest absolute Gasteiger partial charge is 0.493 e. The molecule has 0 unspecified atom stereocenters. The number of piperazine rings is 1. The van der Waals surface area contributed by atoms with Crippen LogP contribution < -0.4 is 14.4 Å². The summed E-state index contributed by atoms with van der Waals surface area (Å²) in [5, 5.41) is 0. The van der Waals surface area contributed by atoms with Crippen molar-refractivity contribution in [3.05, 3.63) is 18.2 Å². The van der Waals surface area contributed by atoms with Crippen molar-refractivity contribution in [2.24, 2.45) is 5.92 Å². The van der Waals surface area contributed by atoms with Gasteiger partial charge in [0.05, 0.1) is 58.3 Å². The van der Waals surface area contributed by atoms with Crippen LogP contribution in [0.5, 0.6) is 11.5 Å². The number of amides is 1. The highest BCUT2D eigenvalue weighted by Crippen LogP contribution is 2.32. The Hall–Kier alpha value is -1.84. The Balaban J connectivity index is 1.75. The van der Waals surface area contributed by atoms with Gasteiger partial charge in [-0.3, -0.25) is 4.79 Å². The third kappa shape index (κ3) is 4.26.